The summed E-state index contributed by atoms with van der Waals surface area (Å²) in [5, 5.41) is 0. The van der Waals surface area contributed by atoms with Crippen molar-refractivity contribution in [2.75, 3.05) is 39.6 Å². The zero-order chi connectivity index (χ0) is 24.7. The Balaban J connectivity index is 5.91. The summed E-state index contributed by atoms with van der Waals surface area (Å²) in [4.78, 5) is 0. The van der Waals surface area contributed by atoms with Crippen molar-refractivity contribution in [3.63, 3.8) is 0 Å². The minimum absolute atomic E-state index is 0.650. The molecule has 0 fully saturated rings. The fourth-order valence-corrected chi connectivity index (χ4v) is 37.4. The molecule has 0 aliphatic rings. The van der Waals surface area contributed by atoms with Crippen LogP contribution in [0.1, 0.15) is 119 Å². The van der Waals surface area contributed by atoms with Crippen molar-refractivity contribution in [3.05, 3.63) is 0 Å². The molecule has 8 heteroatoms. The standard InChI is InChI=1S/6C4H9O.CH2.2Sn/c6*1-2-3-4-5;;;/h6*2-4H2,1H3;1H2;;/q6*-1;;2*+3. The minimum atomic E-state index is -3.95. The molecule has 6 nitrogen and oxygen atoms in total. The van der Waals surface area contributed by atoms with Gasteiger partial charge >= 0.3 is 218 Å². The van der Waals surface area contributed by atoms with E-state index in [1.165, 1.54) is 0 Å². The van der Waals surface area contributed by atoms with Gasteiger partial charge < -0.3 is 0 Å². The van der Waals surface area contributed by atoms with Gasteiger partial charge in [0.2, 0.25) is 0 Å². The Labute approximate surface area is 217 Å². The molecule has 0 heterocycles. The Morgan fingerprint density at radius 1 is 0.333 bits per heavy atom. The number of rotatable bonds is 26. The van der Waals surface area contributed by atoms with Crippen molar-refractivity contribution in [2.45, 2.75) is 121 Å². The molecule has 0 bridgehead atoms. The van der Waals surface area contributed by atoms with E-state index >= 15 is 0 Å². The molecule has 0 aromatic rings. The summed E-state index contributed by atoms with van der Waals surface area (Å²) in [6.07, 6.45) is 12.6. The number of hydrogen-bond donors (Lipinski definition) is 0. The Bertz CT molecular complexity index is 325. The summed E-state index contributed by atoms with van der Waals surface area (Å²) in [6.45, 7) is 17.3. The van der Waals surface area contributed by atoms with Gasteiger partial charge in [0, 0.05) is 0 Å². The Hall–Kier alpha value is 1.36. The quantitative estimate of drug-likeness (QED) is 0.0702. The first-order valence-corrected chi connectivity index (χ1v) is 24.9. The molecule has 0 amide bonds. The van der Waals surface area contributed by atoms with Gasteiger partial charge in [0.1, 0.15) is 0 Å². The second-order valence-electron chi connectivity index (χ2n) is 8.75. The molecule has 0 saturated heterocycles. The van der Waals surface area contributed by atoms with Gasteiger partial charge in [-0.3, -0.25) is 0 Å². The molecule has 0 rings (SSSR count). The van der Waals surface area contributed by atoms with E-state index in [2.05, 4.69) is 41.5 Å². The number of unbranched alkanes of at least 4 members (excludes halogenated alkanes) is 6. The second-order valence-corrected chi connectivity index (χ2v) is 29.3. The Morgan fingerprint density at radius 2 is 0.515 bits per heavy atom. The molecule has 0 aliphatic carbocycles. The van der Waals surface area contributed by atoms with Crippen LogP contribution in [0.5, 0.6) is 0 Å². The van der Waals surface area contributed by atoms with Crippen LogP contribution >= 0.6 is 0 Å². The zero-order valence-electron chi connectivity index (χ0n) is 22.9. The molecule has 0 aliphatic heterocycles. The molecule has 200 valence electrons. The SMILES string of the molecule is CCCC[O][Sn]([CH2][Sn]([O]CCCC)([O]CCCC)[O]CCCC)([O]CCCC)[O]CCCC. The van der Waals surface area contributed by atoms with Crippen LogP contribution < -0.4 is 0 Å². The first-order chi connectivity index (χ1) is 16.1. The van der Waals surface area contributed by atoms with Crippen LogP contribution in [-0.4, -0.2) is 78.9 Å². The summed E-state index contributed by atoms with van der Waals surface area (Å²) in [5.41, 5.74) is 0. The van der Waals surface area contributed by atoms with E-state index in [1.54, 1.807) is 0 Å². The average Bonchev–Trinajstić information content (AvgIpc) is 2.80. The molecule has 0 spiro atoms. The molecule has 0 aromatic heterocycles. The van der Waals surface area contributed by atoms with E-state index in [1.807, 2.05) is 0 Å². The van der Waals surface area contributed by atoms with Crippen molar-refractivity contribution < 1.29 is 18.4 Å². The molecular weight excluding hydrogens is 634 g/mol. The molecule has 0 atom stereocenters. The maximum absolute atomic E-state index is 6.62. The van der Waals surface area contributed by atoms with Crippen molar-refractivity contribution in [1.82, 2.24) is 0 Å². The third-order valence-corrected chi connectivity index (χ3v) is 35.4. The van der Waals surface area contributed by atoms with Gasteiger partial charge in [-0.05, 0) is 0 Å². The summed E-state index contributed by atoms with van der Waals surface area (Å²) >= 11 is -7.91. The average molecular weight is 690 g/mol. The first-order valence-electron chi connectivity index (χ1n) is 13.9. The van der Waals surface area contributed by atoms with Gasteiger partial charge in [-0.2, -0.15) is 0 Å². The van der Waals surface area contributed by atoms with Gasteiger partial charge in [0.15, 0.2) is 0 Å². The fourth-order valence-electron chi connectivity index (χ4n) is 3.05. The van der Waals surface area contributed by atoms with Crippen LogP contribution in [-0.2, 0) is 18.4 Å². The van der Waals surface area contributed by atoms with E-state index in [0.29, 0.717) is 42.1 Å². The van der Waals surface area contributed by atoms with E-state index in [0.717, 1.165) is 77.0 Å². The van der Waals surface area contributed by atoms with Gasteiger partial charge in [-0.15, -0.1) is 0 Å². The van der Waals surface area contributed by atoms with Crippen molar-refractivity contribution in [2.24, 2.45) is 0 Å². The predicted octanol–water partition coefficient (Wildman–Crippen LogP) is 7.30. The van der Waals surface area contributed by atoms with Crippen molar-refractivity contribution >= 4 is 39.2 Å². The van der Waals surface area contributed by atoms with E-state index in [9.17, 15) is 0 Å². The summed E-state index contributed by atoms with van der Waals surface area (Å²) in [5.74, 6) is 0. The molecule has 0 radical (unpaired) electrons. The van der Waals surface area contributed by atoms with Crippen LogP contribution in [0.3, 0.4) is 0 Å². The molecule has 33 heavy (non-hydrogen) atoms. The molecule has 0 N–H and O–H groups in total. The molecule has 0 saturated carbocycles. The van der Waals surface area contributed by atoms with Crippen LogP contribution in [0.2, 0.25) is 2.45 Å². The molecular formula is C25H56O6Sn2. The van der Waals surface area contributed by atoms with Gasteiger partial charge in [0.05, 0.1) is 0 Å². The summed E-state index contributed by atoms with van der Waals surface area (Å²) < 4.78 is 40.3. The number of hydrogen-bond acceptors (Lipinski definition) is 6. The van der Waals surface area contributed by atoms with Crippen molar-refractivity contribution in [3.8, 4) is 0 Å². The third kappa shape index (κ3) is 17.4. The van der Waals surface area contributed by atoms with Crippen LogP contribution in [0.15, 0.2) is 0 Å². The van der Waals surface area contributed by atoms with E-state index in [4.69, 9.17) is 18.4 Å². The molecule has 0 aromatic carbocycles. The van der Waals surface area contributed by atoms with Crippen molar-refractivity contribution in [1.29, 1.82) is 0 Å². The first kappa shape index (κ1) is 34.4. The maximum atomic E-state index is 6.62. The summed E-state index contributed by atoms with van der Waals surface area (Å²) in [6, 6.07) is 0. The van der Waals surface area contributed by atoms with Gasteiger partial charge in [0.25, 0.3) is 0 Å². The predicted molar refractivity (Wildman–Crippen MR) is 141 cm³/mol. The Kier molecular flexibility index (Phi) is 24.7. The van der Waals surface area contributed by atoms with E-state index in [-0.39, 0.29) is 0 Å². The Morgan fingerprint density at radius 3 is 0.667 bits per heavy atom. The normalized spacial score (nSPS) is 12.5. The fraction of sp³-hybridized carbons (Fsp3) is 1.00. The molecule has 0 unspecified atom stereocenters. The monoisotopic (exact) mass is 692 g/mol. The van der Waals surface area contributed by atoms with Crippen LogP contribution in [0.25, 0.3) is 0 Å². The second kappa shape index (κ2) is 23.7. The van der Waals surface area contributed by atoms with Gasteiger partial charge in [-0.25, -0.2) is 0 Å². The topological polar surface area (TPSA) is 55.4 Å². The van der Waals surface area contributed by atoms with Crippen LogP contribution in [0.4, 0.5) is 0 Å². The zero-order valence-corrected chi connectivity index (χ0v) is 28.6. The van der Waals surface area contributed by atoms with Crippen LogP contribution in [0, 0.1) is 0 Å². The third-order valence-electron chi connectivity index (χ3n) is 5.35. The van der Waals surface area contributed by atoms with Gasteiger partial charge in [-0.1, -0.05) is 0 Å². The summed E-state index contributed by atoms with van der Waals surface area (Å²) in [7, 11) is 0. The van der Waals surface area contributed by atoms with E-state index < -0.39 is 39.2 Å².